The van der Waals surface area contributed by atoms with Crippen molar-refractivity contribution < 1.29 is 9.90 Å². The smallest absolute Gasteiger partial charge is 0.234 e. The Morgan fingerprint density at radius 2 is 1.82 bits per heavy atom. The summed E-state index contributed by atoms with van der Waals surface area (Å²) in [7, 11) is 0. The molecule has 1 aromatic heterocycles. The molecule has 2 aromatic carbocycles. The number of phenolic OH excluding ortho intramolecular Hbond substituents is 1. The van der Waals surface area contributed by atoms with E-state index in [-0.39, 0.29) is 17.4 Å². The molecule has 7 heteroatoms. The predicted octanol–water partition coefficient (Wildman–Crippen LogP) is 4.33. The van der Waals surface area contributed by atoms with E-state index in [0.717, 1.165) is 16.8 Å². The Morgan fingerprint density at radius 1 is 1.14 bits per heavy atom. The van der Waals surface area contributed by atoms with Gasteiger partial charge < -0.3 is 15.0 Å². The van der Waals surface area contributed by atoms with Crippen LogP contribution in [-0.4, -0.2) is 31.5 Å². The second-order valence-electron chi connectivity index (χ2n) is 6.68. The molecule has 0 saturated carbocycles. The average molecular weight is 397 g/mol. The molecule has 0 aliphatic carbocycles. The van der Waals surface area contributed by atoms with Gasteiger partial charge in [-0.05, 0) is 51.0 Å². The standard InChI is InChI=1S/C21H24N4O2S/c1-5-25-20(16-8-6-7-9-17(16)26)23-24-21(25)28-12-18(27)22-19-14(3)10-13(2)11-15(19)4/h6-11,26H,5,12H2,1-4H3,(H,22,27). The molecule has 0 radical (unpaired) electrons. The molecule has 3 rings (SSSR count). The minimum Gasteiger partial charge on any atom is -0.507 e. The lowest BCUT2D eigenvalue weighted by atomic mass is 10.1. The van der Waals surface area contributed by atoms with Crippen LogP contribution in [0.4, 0.5) is 5.69 Å². The van der Waals surface area contributed by atoms with Gasteiger partial charge in [-0.2, -0.15) is 0 Å². The van der Waals surface area contributed by atoms with Gasteiger partial charge in [-0.3, -0.25) is 4.79 Å². The van der Waals surface area contributed by atoms with Crippen LogP contribution >= 0.6 is 11.8 Å². The first-order chi connectivity index (χ1) is 13.4. The van der Waals surface area contributed by atoms with Crippen LogP contribution in [0.25, 0.3) is 11.4 Å². The molecular formula is C21H24N4O2S. The SMILES string of the molecule is CCn1c(SCC(=O)Nc2c(C)cc(C)cc2C)nnc1-c1ccccc1O. The normalized spacial score (nSPS) is 10.9. The van der Waals surface area contributed by atoms with Crippen LogP contribution < -0.4 is 5.32 Å². The van der Waals surface area contributed by atoms with E-state index in [1.54, 1.807) is 18.2 Å². The van der Waals surface area contributed by atoms with Gasteiger partial charge >= 0.3 is 0 Å². The monoisotopic (exact) mass is 396 g/mol. The summed E-state index contributed by atoms with van der Waals surface area (Å²) in [6.07, 6.45) is 0. The van der Waals surface area contributed by atoms with E-state index in [9.17, 15) is 9.90 Å². The van der Waals surface area contributed by atoms with Gasteiger partial charge in [0.15, 0.2) is 11.0 Å². The van der Waals surface area contributed by atoms with Crippen LogP contribution in [0.2, 0.25) is 0 Å². The molecule has 0 aliphatic heterocycles. The number of anilines is 1. The number of phenols is 1. The summed E-state index contributed by atoms with van der Waals surface area (Å²) in [5, 5.41) is 22.2. The van der Waals surface area contributed by atoms with Gasteiger partial charge in [0, 0.05) is 12.2 Å². The number of aromatic nitrogens is 3. The average Bonchev–Trinajstić information content (AvgIpc) is 3.06. The summed E-state index contributed by atoms with van der Waals surface area (Å²) < 4.78 is 1.90. The third kappa shape index (κ3) is 4.20. The maximum Gasteiger partial charge on any atom is 0.234 e. The van der Waals surface area contributed by atoms with E-state index in [0.29, 0.717) is 23.1 Å². The van der Waals surface area contributed by atoms with Crippen molar-refractivity contribution in [3.05, 3.63) is 53.1 Å². The first-order valence-electron chi connectivity index (χ1n) is 9.12. The summed E-state index contributed by atoms with van der Waals surface area (Å²) in [4.78, 5) is 12.5. The maximum atomic E-state index is 12.5. The van der Waals surface area contributed by atoms with Gasteiger partial charge in [0.25, 0.3) is 0 Å². The number of rotatable bonds is 6. The fraction of sp³-hybridized carbons (Fsp3) is 0.286. The van der Waals surface area contributed by atoms with Crippen molar-refractivity contribution in [3.63, 3.8) is 0 Å². The summed E-state index contributed by atoms with van der Waals surface area (Å²) in [6.45, 7) is 8.65. The van der Waals surface area contributed by atoms with Crippen LogP contribution in [0.3, 0.4) is 0 Å². The number of hydrogen-bond acceptors (Lipinski definition) is 5. The van der Waals surface area contributed by atoms with E-state index in [2.05, 4.69) is 27.6 Å². The van der Waals surface area contributed by atoms with Gasteiger partial charge in [-0.25, -0.2) is 0 Å². The van der Waals surface area contributed by atoms with Crippen LogP contribution in [-0.2, 0) is 11.3 Å². The lowest BCUT2D eigenvalue weighted by Crippen LogP contribution is -2.16. The molecular weight excluding hydrogens is 372 g/mol. The third-order valence-electron chi connectivity index (χ3n) is 4.45. The largest absolute Gasteiger partial charge is 0.507 e. The number of hydrogen-bond donors (Lipinski definition) is 2. The number of aromatic hydroxyl groups is 1. The first kappa shape index (κ1) is 19.9. The van der Waals surface area contributed by atoms with Crippen molar-refractivity contribution in [3.8, 4) is 17.1 Å². The Hall–Kier alpha value is -2.80. The number of carbonyl (C=O) groups excluding carboxylic acids is 1. The summed E-state index contributed by atoms with van der Waals surface area (Å²) >= 11 is 1.33. The Labute approximate surface area is 169 Å². The molecule has 28 heavy (non-hydrogen) atoms. The van der Waals surface area contributed by atoms with Crippen LogP contribution in [0.15, 0.2) is 41.6 Å². The number of aryl methyl sites for hydroxylation is 3. The lowest BCUT2D eigenvalue weighted by molar-refractivity contribution is -0.113. The fourth-order valence-electron chi connectivity index (χ4n) is 3.23. The lowest BCUT2D eigenvalue weighted by Gasteiger charge is -2.13. The molecule has 0 bridgehead atoms. The first-order valence-corrected chi connectivity index (χ1v) is 10.1. The van der Waals surface area contributed by atoms with Gasteiger partial charge in [-0.15, -0.1) is 10.2 Å². The zero-order valence-electron chi connectivity index (χ0n) is 16.5. The van der Waals surface area contributed by atoms with Crippen molar-refractivity contribution in [1.29, 1.82) is 0 Å². The molecule has 0 spiro atoms. The minimum absolute atomic E-state index is 0.0881. The summed E-state index contributed by atoms with van der Waals surface area (Å²) in [5.41, 5.74) is 4.76. The predicted molar refractivity (Wildman–Crippen MR) is 113 cm³/mol. The molecule has 146 valence electrons. The van der Waals surface area contributed by atoms with Crippen molar-refractivity contribution >= 4 is 23.4 Å². The number of amides is 1. The second-order valence-corrected chi connectivity index (χ2v) is 7.62. The van der Waals surface area contributed by atoms with Crippen molar-refractivity contribution in [1.82, 2.24) is 14.8 Å². The third-order valence-corrected chi connectivity index (χ3v) is 5.42. The topological polar surface area (TPSA) is 80.0 Å². The van der Waals surface area contributed by atoms with Gasteiger partial charge in [0.2, 0.25) is 5.91 Å². The highest BCUT2D eigenvalue weighted by atomic mass is 32.2. The van der Waals surface area contributed by atoms with Crippen LogP contribution in [0.1, 0.15) is 23.6 Å². The minimum atomic E-state index is -0.0881. The Balaban J connectivity index is 1.73. The Morgan fingerprint density at radius 3 is 2.46 bits per heavy atom. The molecule has 0 saturated heterocycles. The molecule has 0 unspecified atom stereocenters. The van der Waals surface area contributed by atoms with Gasteiger partial charge in [-0.1, -0.05) is 41.6 Å². The van der Waals surface area contributed by atoms with Gasteiger partial charge in [0.1, 0.15) is 5.75 Å². The molecule has 1 amide bonds. The van der Waals surface area contributed by atoms with E-state index >= 15 is 0 Å². The van der Waals surface area contributed by atoms with Gasteiger partial charge in [0.05, 0.1) is 11.3 Å². The van der Waals surface area contributed by atoms with Crippen molar-refractivity contribution in [2.45, 2.75) is 39.4 Å². The number of benzene rings is 2. The number of nitrogens with one attached hydrogen (secondary N) is 1. The molecule has 3 aromatic rings. The van der Waals surface area contributed by atoms with Crippen molar-refractivity contribution in [2.24, 2.45) is 0 Å². The molecule has 0 aliphatic rings. The van der Waals surface area contributed by atoms with E-state index < -0.39 is 0 Å². The summed E-state index contributed by atoms with van der Waals surface area (Å²) in [6, 6.07) is 11.1. The molecule has 6 nitrogen and oxygen atoms in total. The van der Waals surface area contributed by atoms with E-state index in [1.165, 1.54) is 17.3 Å². The molecule has 2 N–H and O–H groups in total. The maximum absolute atomic E-state index is 12.5. The zero-order chi connectivity index (χ0) is 20.3. The van der Waals surface area contributed by atoms with E-state index in [1.807, 2.05) is 38.3 Å². The number of para-hydroxylation sites is 1. The molecule has 1 heterocycles. The number of thioether (sulfide) groups is 1. The van der Waals surface area contributed by atoms with Crippen LogP contribution in [0, 0.1) is 20.8 Å². The Bertz CT molecular complexity index is 990. The quantitative estimate of drug-likeness (QED) is 0.606. The molecule has 0 fully saturated rings. The highest BCUT2D eigenvalue weighted by Crippen LogP contribution is 2.30. The second kappa shape index (κ2) is 8.48. The summed E-state index contributed by atoms with van der Waals surface area (Å²) in [5.74, 6) is 0.888. The van der Waals surface area contributed by atoms with Crippen LogP contribution in [0.5, 0.6) is 5.75 Å². The fourth-order valence-corrected chi connectivity index (χ4v) is 4.03. The zero-order valence-corrected chi connectivity index (χ0v) is 17.3. The van der Waals surface area contributed by atoms with Crippen molar-refractivity contribution in [2.75, 3.05) is 11.1 Å². The molecule has 0 atom stereocenters. The Kier molecular flexibility index (Phi) is 6.04. The highest BCUT2D eigenvalue weighted by molar-refractivity contribution is 7.99. The highest BCUT2D eigenvalue weighted by Gasteiger charge is 2.17. The number of nitrogens with zero attached hydrogens (tertiary/aromatic N) is 3. The number of carbonyl (C=O) groups is 1. The van der Waals surface area contributed by atoms with E-state index in [4.69, 9.17) is 0 Å².